The van der Waals surface area contributed by atoms with Gasteiger partial charge in [-0.05, 0) is 13.3 Å². The van der Waals surface area contributed by atoms with Crippen molar-refractivity contribution in [2.75, 3.05) is 14.2 Å². The molecule has 0 rings (SSSR count). The van der Waals surface area contributed by atoms with E-state index in [4.69, 9.17) is 14.6 Å². The molecule has 0 spiro atoms. The maximum Gasteiger partial charge on any atom is 0.338 e. The Morgan fingerprint density at radius 3 is 2.25 bits per heavy atom. The van der Waals surface area contributed by atoms with Crippen LogP contribution in [-0.2, 0) is 8.85 Å². The fourth-order valence-electron chi connectivity index (χ4n) is 1.04. The first kappa shape index (κ1) is 12.1. The van der Waals surface area contributed by atoms with E-state index in [0.29, 0.717) is 0 Å². The summed E-state index contributed by atoms with van der Waals surface area (Å²) in [6.07, 6.45) is 0.958. The van der Waals surface area contributed by atoms with Gasteiger partial charge in [-0.1, -0.05) is 6.92 Å². The van der Waals surface area contributed by atoms with Crippen LogP contribution in [0.2, 0.25) is 0 Å². The minimum Gasteiger partial charge on any atom is -0.399 e. The van der Waals surface area contributed by atoms with Crippen LogP contribution in [0, 0.1) is 0 Å². The first-order chi connectivity index (χ1) is 5.65. The van der Waals surface area contributed by atoms with E-state index >= 15 is 0 Å². The van der Waals surface area contributed by atoms with Gasteiger partial charge in [-0.3, -0.25) is 5.32 Å². The number of rotatable bonds is 6. The quantitative estimate of drug-likeness (QED) is 0.448. The number of nitrogens with one attached hydrogen (secondary N) is 1. The van der Waals surface area contributed by atoms with Crippen LogP contribution in [0.5, 0.6) is 0 Å². The van der Waals surface area contributed by atoms with Crippen LogP contribution in [0.15, 0.2) is 0 Å². The Labute approximate surface area is 76.3 Å². The molecule has 0 saturated carbocycles. The third-order valence-electron chi connectivity index (χ3n) is 1.79. The topological polar surface area (TPSA) is 56.5 Å². The molecule has 3 N–H and O–H groups in total. The number of hydrogen-bond acceptors (Lipinski definition) is 4. The number of nitrogens with two attached hydrogens (primary N) is 1. The third kappa shape index (κ3) is 4.17. The lowest BCUT2D eigenvalue weighted by Gasteiger charge is -2.23. The van der Waals surface area contributed by atoms with E-state index in [1.165, 1.54) is 0 Å². The van der Waals surface area contributed by atoms with Crippen molar-refractivity contribution in [3.63, 3.8) is 0 Å². The SMILES string of the molecule is CCC(N)NC(C)[SiH](OC)OC. The summed E-state index contributed by atoms with van der Waals surface area (Å²) in [5.74, 6) is 0. The molecule has 0 bridgehead atoms. The summed E-state index contributed by atoms with van der Waals surface area (Å²) in [7, 11) is 1.81. The predicted octanol–water partition coefficient (Wildman–Crippen LogP) is -0.288. The molecule has 0 aromatic rings. The highest BCUT2D eigenvalue weighted by atomic mass is 28.3. The van der Waals surface area contributed by atoms with Gasteiger partial charge in [0, 0.05) is 19.9 Å². The summed E-state index contributed by atoms with van der Waals surface area (Å²) in [4.78, 5) is 0. The molecule has 0 saturated heterocycles. The Morgan fingerprint density at radius 2 is 1.92 bits per heavy atom. The molecule has 0 radical (unpaired) electrons. The van der Waals surface area contributed by atoms with Crippen LogP contribution < -0.4 is 11.1 Å². The van der Waals surface area contributed by atoms with Gasteiger partial charge in [0.25, 0.3) is 0 Å². The Balaban J connectivity index is 3.75. The molecule has 74 valence electrons. The van der Waals surface area contributed by atoms with Crippen molar-refractivity contribution in [3.05, 3.63) is 0 Å². The second kappa shape index (κ2) is 6.56. The van der Waals surface area contributed by atoms with Crippen molar-refractivity contribution in [2.24, 2.45) is 5.73 Å². The Bertz CT molecular complexity index is 112. The minimum absolute atomic E-state index is 0.0419. The zero-order chi connectivity index (χ0) is 9.56. The zero-order valence-electron chi connectivity index (χ0n) is 8.33. The molecular weight excluding hydrogens is 172 g/mol. The molecule has 4 nitrogen and oxygen atoms in total. The van der Waals surface area contributed by atoms with Gasteiger partial charge in [-0.15, -0.1) is 0 Å². The highest BCUT2D eigenvalue weighted by Gasteiger charge is 2.20. The predicted molar refractivity (Wildman–Crippen MR) is 52.0 cm³/mol. The van der Waals surface area contributed by atoms with Crippen LogP contribution >= 0.6 is 0 Å². The summed E-state index contributed by atoms with van der Waals surface area (Å²) in [6.45, 7) is 4.08. The summed E-state index contributed by atoms with van der Waals surface area (Å²) < 4.78 is 10.4. The molecule has 5 heteroatoms. The molecule has 0 aromatic carbocycles. The lowest BCUT2D eigenvalue weighted by molar-refractivity contribution is 0.257. The van der Waals surface area contributed by atoms with E-state index < -0.39 is 9.28 Å². The Morgan fingerprint density at radius 1 is 1.42 bits per heavy atom. The van der Waals surface area contributed by atoms with Crippen LogP contribution in [0.25, 0.3) is 0 Å². The largest absolute Gasteiger partial charge is 0.399 e. The Hall–Kier alpha value is 0.0569. The van der Waals surface area contributed by atoms with Gasteiger partial charge in [0.1, 0.15) is 0 Å². The second-order valence-electron chi connectivity index (χ2n) is 2.81. The minimum atomic E-state index is -1.55. The first-order valence-electron chi connectivity index (χ1n) is 4.22. The molecule has 0 fully saturated rings. The van der Waals surface area contributed by atoms with Gasteiger partial charge in [0.2, 0.25) is 0 Å². The van der Waals surface area contributed by atoms with Crippen molar-refractivity contribution >= 4 is 9.28 Å². The van der Waals surface area contributed by atoms with Crippen molar-refractivity contribution in [1.82, 2.24) is 5.32 Å². The highest BCUT2D eigenvalue weighted by Crippen LogP contribution is 1.95. The Kier molecular flexibility index (Phi) is 6.59. The average molecular weight is 192 g/mol. The van der Waals surface area contributed by atoms with Gasteiger partial charge >= 0.3 is 9.28 Å². The van der Waals surface area contributed by atoms with E-state index in [1.807, 2.05) is 13.8 Å². The summed E-state index contributed by atoms with van der Waals surface area (Å²) in [5.41, 5.74) is 5.97. The molecule has 0 aliphatic heterocycles. The normalized spacial score (nSPS) is 16.5. The molecule has 0 aromatic heterocycles. The summed E-state index contributed by atoms with van der Waals surface area (Å²) >= 11 is 0. The van der Waals surface area contributed by atoms with Crippen molar-refractivity contribution in [2.45, 2.75) is 32.1 Å². The van der Waals surface area contributed by atoms with Crippen LogP contribution in [0.3, 0.4) is 0 Å². The zero-order valence-corrected chi connectivity index (χ0v) is 9.49. The fourth-order valence-corrected chi connectivity index (χ4v) is 2.45. The van der Waals surface area contributed by atoms with Gasteiger partial charge in [-0.2, -0.15) is 0 Å². The molecule has 2 atom stereocenters. The van der Waals surface area contributed by atoms with E-state index in [0.717, 1.165) is 6.42 Å². The fraction of sp³-hybridized carbons (Fsp3) is 1.00. The van der Waals surface area contributed by atoms with Crippen LogP contribution in [0.1, 0.15) is 20.3 Å². The lowest BCUT2D eigenvalue weighted by Crippen LogP contribution is -2.51. The van der Waals surface area contributed by atoms with E-state index in [2.05, 4.69) is 5.32 Å². The second-order valence-corrected chi connectivity index (χ2v) is 5.49. The smallest absolute Gasteiger partial charge is 0.338 e. The summed E-state index contributed by atoms with van der Waals surface area (Å²) in [6, 6.07) is 0. The van der Waals surface area contributed by atoms with Crippen molar-refractivity contribution in [1.29, 1.82) is 0 Å². The molecule has 0 aliphatic carbocycles. The van der Waals surface area contributed by atoms with Crippen molar-refractivity contribution < 1.29 is 8.85 Å². The molecule has 0 amide bonds. The van der Waals surface area contributed by atoms with E-state index in [1.54, 1.807) is 14.2 Å². The molecule has 0 aliphatic rings. The number of hydrogen-bond donors (Lipinski definition) is 2. The van der Waals surface area contributed by atoms with Crippen molar-refractivity contribution in [3.8, 4) is 0 Å². The highest BCUT2D eigenvalue weighted by molar-refractivity contribution is 6.46. The van der Waals surface area contributed by atoms with Crippen LogP contribution in [0.4, 0.5) is 0 Å². The maximum atomic E-state index is 5.72. The molecule has 0 heterocycles. The van der Waals surface area contributed by atoms with Crippen LogP contribution in [-0.4, -0.2) is 35.3 Å². The molecular formula is C7H20N2O2Si. The molecule has 12 heavy (non-hydrogen) atoms. The van der Waals surface area contributed by atoms with Gasteiger partial charge in [-0.25, -0.2) is 0 Å². The van der Waals surface area contributed by atoms with E-state index in [-0.39, 0.29) is 11.8 Å². The lowest BCUT2D eigenvalue weighted by atomic mass is 10.4. The van der Waals surface area contributed by atoms with E-state index in [9.17, 15) is 0 Å². The maximum absolute atomic E-state index is 5.72. The average Bonchev–Trinajstić information content (AvgIpc) is 2.06. The standard InChI is InChI=1S/C7H20N2O2Si/c1-5-7(8)9-6(2)12(10-3)11-4/h6-7,9,12H,5,8H2,1-4H3. The summed E-state index contributed by atoms with van der Waals surface area (Å²) in [5, 5.41) is 3.22. The van der Waals surface area contributed by atoms with Gasteiger partial charge in [0.05, 0.1) is 6.17 Å². The monoisotopic (exact) mass is 192 g/mol. The molecule has 2 unspecified atom stereocenters. The van der Waals surface area contributed by atoms with Gasteiger partial charge in [0.15, 0.2) is 0 Å². The first-order valence-corrected chi connectivity index (χ1v) is 5.83. The third-order valence-corrected chi connectivity index (χ3v) is 3.73. The van der Waals surface area contributed by atoms with Gasteiger partial charge < -0.3 is 14.6 Å².